The summed E-state index contributed by atoms with van der Waals surface area (Å²) in [6.45, 7) is 5.78. The van der Waals surface area contributed by atoms with Gasteiger partial charge in [-0.15, -0.1) is 0 Å². The Labute approximate surface area is 115 Å². The molecule has 3 heteroatoms. The Morgan fingerprint density at radius 3 is 2.74 bits per heavy atom. The standard InChI is InChI=1S/C16H23NO2/c1-12(2)19-15-6-4-3-5-14(15)16(18)9-10-17(11-16)13-7-8-13/h3-6,12-13,18H,7-11H2,1-2H3. The van der Waals surface area contributed by atoms with Crippen molar-refractivity contribution in [2.24, 2.45) is 0 Å². The fraction of sp³-hybridized carbons (Fsp3) is 0.625. The molecule has 1 saturated carbocycles. The fourth-order valence-electron chi connectivity index (χ4n) is 3.00. The Hall–Kier alpha value is -1.06. The first-order valence-corrected chi connectivity index (χ1v) is 7.31. The Morgan fingerprint density at radius 1 is 1.32 bits per heavy atom. The van der Waals surface area contributed by atoms with Gasteiger partial charge in [-0.1, -0.05) is 18.2 Å². The fourth-order valence-corrected chi connectivity index (χ4v) is 3.00. The van der Waals surface area contributed by atoms with Crippen molar-refractivity contribution in [3.63, 3.8) is 0 Å². The van der Waals surface area contributed by atoms with Gasteiger partial charge in [0.05, 0.1) is 6.10 Å². The zero-order valence-corrected chi connectivity index (χ0v) is 11.8. The minimum atomic E-state index is -0.742. The van der Waals surface area contributed by atoms with Gasteiger partial charge >= 0.3 is 0 Å². The van der Waals surface area contributed by atoms with Gasteiger partial charge in [-0.2, -0.15) is 0 Å². The van der Waals surface area contributed by atoms with E-state index in [1.807, 2.05) is 38.1 Å². The molecule has 0 bridgehead atoms. The van der Waals surface area contributed by atoms with Crippen LogP contribution >= 0.6 is 0 Å². The summed E-state index contributed by atoms with van der Waals surface area (Å²) in [5.74, 6) is 0.831. The molecule has 0 radical (unpaired) electrons. The summed E-state index contributed by atoms with van der Waals surface area (Å²) in [5.41, 5.74) is 0.209. The van der Waals surface area contributed by atoms with Gasteiger partial charge in [0, 0.05) is 24.7 Å². The van der Waals surface area contributed by atoms with Crippen LogP contribution in [0.25, 0.3) is 0 Å². The predicted molar refractivity (Wildman–Crippen MR) is 75.3 cm³/mol. The molecule has 1 aromatic carbocycles. The van der Waals surface area contributed by atoms with Crippen LogP contribution in [0.5, 0.6) is 5.75 Å². The van der Waals surface area contributed by atoms with E-state index >= 15 is 0 Å². The minimum absolute atomic E-state index is 0.130. The largest absolute Gasteiger partial charge is 0.491 e. The highest BCUT2D eigenvalue weighted by atomic mass is 16.5. The second kappa shape index (κ2) is 4.80. The van der Waals surface area contributed by atoms with Crippen LogP contribution in [0.3, 0.4) is 0 Å². The molecule has 1 aliphatic carbocycles. The van der Waals surface area contributed by atoms with E-state index in [2.05, 4.69) is 4.90 Å². The lowest BCUT2D eigenvalue weighted by molar-refractivity contribution is 0.0411. The average Bonchev–Trinajstić information content (AvgIpc) is 3.13. The van der Waals surface area contributed by atoms with Gasteiger partial charge < -0.3 is 9.84 Å². The second-order valence-electron chi connectivity index (χ2n) is 6.15. The normalized spacial score (nSPS) is 28.0. The van der Waals surface area contributed by atoms with Gasteiger partial charge in [0.1, 0.15) is 11.4 Å². The average molecular weight is 261 g/mol. The van der Waals surface area contributed by atoms with E-state index in [9.17, 15) is 5.11 Å². The molecule has 1 aromatic rings. The van der Waals surface area contributed by atoms with Crippen LogP contribution in [-0.2, 0) is 5.60 Å². The molecule has 1 saturated heterocycles. The maximum Gasteiger partial charge on any atom is 0.125 e. The number of aliphatic hydroxyl groups is 1. The molecule has 2 fully saturated rings. The maximum atomic E-state index is 11.0. The predicted octanol–water partition coefficient (Wildman–Crippen LogP) is 2.53. The molecule has 1 unspecified atom stereocenters. The number of likely N-dealkylation sites (tertiary alicyclic amines) is 1. The molecule has 0 amide bonds. The highest BCUT2D eigenvalue weighted by Crippen LogP contribution is 2.41. The lowest BCUT2D eigenvalue weighted by Crippen LogP contribution is -2.32. The third-order valence-electron chi connectivity index (χ3n) is 4.09. The molecule has 1 atom stereocenters. The molecule has 104 valence electrons. The first-order chi connectivity index (χ1) is 9.08. The van der Waals surface area contributed by atoms with Crippen LogP contribution in [0.4, 0.5) is 0 Å². The van der Waals surface area contributed by atoms with Crippen LogP contribution < -0.4 is 4.74 Å². The molecular weight excluding hydrogens is 238 g/mol. The summed E-state index contributed by atoms with van der Waals surface area (Å²) in [7, 11) is 0. The van der Waals surface area contributed by atoms with Crippen molar-refractivity contribution >= 4 is 0 Å². The molecule has 0 aromatic heterocycles. The Kier molecular flexibility index (Phi) is 3.27. The van der Waals surface area contributed by atoms with E-state index in [1.165, 1.54) is 12.8 Å². The van der Waals surface area contributed by atoms with Crippen molar-refractivity contribution in [3.05, 3.63) is 29.8 Å². The third kappa shape index (κ3) is 2.63. The summed E-state index contributed by atoms with van der Waals surface area (Å²) < 4.78 is 5.86. The highest BCUT2D eigenvalue weighted by Gasteiger charge is 2.44. The molecule has 2 aliphatic rings. The number of nitrogens with zero attached hydrogens (tertiary/aromatic N) is 1. The number of benzene rings is 1. The number of hydrogen-bond donors (Lipinski definition) is 1. The Balaban J connectivity index is 1.84. The van der Waals surface area contributed by atoms with E-state index < -0.39 is 5.60 Å². The second-order valence-corrected chi connectivity index (χ2v) is 6.15. The summed E-state index contributed by atoms with van der Waals surface area (Å²) in [6, 6.07) is 8.65. The summed E-state index contributed by atoms with van der Waals surface area (Å²) >= 11 is 0. The van der Waals surface area contributed by atoms with E-state index in [4.69, 9.17) is 4.74 Å². The Morgan fingerprint density at radius 2 is 2.05 bits per heavy atom. The van der Waals surface area contributed by atoms with E-state index in [-0.39, 0.29) is 6.10 Å². The van der Waals surface area contributed by atoms with Crippen molar-refractivity contribution in [1.29, 1.82) is 0 Å². The first-order valence-electron chi connectivity index (χ1n) is 7.31. The monoisotopic (exact) mass is 261 g/mol. The van der Waals surface area contributed by atoms with Crippen LogP contribution in [0.2, 0.25) is 0 Å². The molecular formula is C16H23NO2. The molecule has 3 rings (SSSR count). The quantitative estimate of drug-likeness (QED) is 0.904. The lowest BCUT2D eigenvalue weighted by atomic mass is 9.92. The molecule has 0 spiro atoms. The van der Waals surface area contributed by atoms with Crippen LogP contribution in [0.15, 0.2) is 24.3 Å². The van der Waals surface area contributed by atoms with Crippen molar-refractivity contribution in [2.75, 3.05) is 13.1 Å². The van der Waals surface area contributed by atoms with Gasteiger partial charge in [-0.05, 0) is 39.2 Å². The summed E-state index contributed by atoms with van der Waals surface area (Å²) in [5, 5.41) is 11.0. The molecule has 3 nitrogen and oxygen atoms in total. The zero-order valence-electron chi connectivity index (χ0n) is 11.8. The van der Waals surface area contributed by atoms with Crippen LogP contribution in [-0.4, -0.2) is 35.2 Å². The van der Waals surface area contributed by atoms with Crippen molar-refractivity contribution in [3.8, 4) is 5.75 Å². The van der Waals surface area contributed by atoms with E-state index in [1.54, 1.807) is 0 Å². The summed E-state index contributed by atoms with van der Waals surface area (Å²) in [6.07, 6.45) is 3.52. The number of rotatable bonds is 4. The first kappa shape index (κ1) is 12.9. The zero-order chi connectivity index (χ0) is 13.5. The van der Waals surface area contributed by atoms with Crippen LogP contribution in [0.1, 0.15) is 38.7 Å². The molecule has 1 heterocycles. The lowest BCUT2D eigenvalue weighted by Gasteiger charge is -2.27. The number of hydrogen-bond acceptors (Lipinski definition) is 3. The van der Waals surface area contributed by atoms with Crippen molar-refractivity contribution in [2.45, 2.75) is 50.9 Å². The topological polar surface area (TPSA) is 32.7 Å². The van der Waals surface area contributed by atoms with Crippen LogP contribution in [0, 0.1) is 0 Å². The van der Waals surface area contributed by atoms with E-state index in [0.717, 1.165) is 30.8 Å². The van der Waals surface area contributed by atoms with Gasteiger partial charge in [0.25, 0.3) is 0 Å². The number of para-hydroxylation sites is 1. The maximum absolute atomic E-state index is 11.0. The highest BCUT2D eigenvalue weighted by molar-refractivity contribution is 5.39. The number of β-amino-alcohol motifs (C(OH)–C–C–N with tert-alkyl or cyclic N) is 1. The van der Waals surface area contributed by atoms with Crippen molar-refractivity contribution < 1.29 is 9.84 Å². The molecule has 19 heavy (non-hydrogen) atoms. The molecule has 1 N–H and O–H groups in total. The van der Waals surface area contributed by atoms with Gasteiger partial charge in [0.15, 0.2) is 0 Å². The molecule has 1 aliphatic heterocycles. The SMILES string of the molecule is CC(C)Oc1ccccc1C1(O)CCN(C2CC2)C1. The smallest absolute Gasteiger partial charge is 0.125 e. The third-order valence-corrected chi connectivity index (χ3v) is 4.09. The van der Waals surface area contributed by atoms with Crippen molar-refractivity contribution in [1.82, 2.24) is 4.90 Å². The van der Waals surface area contributed by atoms with Gasteiger partial charge in [-0.3, -0.25) is 4.90 Å². The Bertz CT molecular complexity index is 456. The minimum Gasteiger partial charge on any atom is -0.491 e. The van der Waals surface area contributed by atoms with Gasteiger partial charge in [-0.25, -0.2) is 0 Å². The van der Waals surface area contributed by atoms with E-state index in [0.29, 0.717) is 6.04 Å². The number of ether oxygens (including phenoxy) is 1. The van der Waals surface area contributed by atoms with Gasteiger partial charge in [0.2, 0.25) is 0 Å². The summed E-state index contributed by atoms with van der Waals surface area (Å²) in [4.78, 5) is 2.42.